The Labute approximate surface area is 135 Å². The highest BCUT2D eigenvalue weighted by atomic mass is 16.3. The average molecular weight is 305 g/mol. The van der Waals surface area contributed by atoms with Gasteiger partial charge in [-0.3, -0.25) is 4.79 Å². The van der Waals surface area contributed by atoms with Crippen molar-refractivity contribution in [2.75, 3.05) is 11.9 Å². The lowest BCUT2D eigenvalue weighted by Crippen LogP contribution is -2.27. The zero-order chi connectivity index (χ0) is 15.8. The van der Waals surface area contributed by atoms with Crippen LogP contribution >= 0.6 is 0 Å². The van der Waals surface area contributed by atoms with Crippen LogP contribution in [0.2, 0.25) is 0 Å². The molecule has 0 atom stereocenters. The normalized spacial score (nSPS) is 13.3. The summed E-state index contributed by atoms with van der Waals surface area (Å²) in [5, 5.41) is 1.08. The van der Waals surface area contributed by atoms with Crippen molar-refractivity contribution < 1.29 is 9.21 Å². The number of fused-ring (bicyclic) bond motifs is 2. The monoisotopic (exact) mass is 305 g/mol. The van der Waals surface area contributed by atoms with Crippen LogP contribution in [-0.2, 0) is 24.1 Å². The molecule has 0 radical (unpaired) electrons. The molecule has 0 N–H and O–H groups in total. The molecule has 2 aromatic carbocycles. The predicted octanol–water partition coefficient (Wildman–Crippen LogP) is 4.13. The van der Waals surface area contributed by atoms with Gasteiger partial charge in [-0.15, -0.1) is 0 Å². The Balaban J connectivity index is 1.61. The molecular weight excluding hydrogens is 286 g/mol. The second-order valence-electron chi connectivity index (χ2n) is 6.20. The van der Waals surface area contributed by atoms with E-state index >= 15 is 0 Å². The van der Waals surface area contributed by atoms with Crippen molar-refractivity contribution in [2.24, 2.45) is 0 Å². The van der Waals surface area contributed by atoms with E-state index in [-0.39, 0.29) is 5.91 Å². The summed E-state index contributed by atoms with van der Waals surface area (Å²) < 4.78 is 5.69. The molecular formula is C20H19NO2. The summed E-state index contributed by atoms with van der Waals surface area (Å²) in [4.78, 5) is 14.3. The third-order valence-electron chi connectivity index (χ3n) is 4.73. The molecule has 3 nitrogen and oxygen atoms in total. The molecule has 4 rings (SSSR count). The van der Waals surface area contributed by atoms with Crippen LogP contribution < -0.4 is 4.90 Å². The largest absolute Gasteiger partial charge is 0.464 e. The summed E-state index contributed by atoms with van der Waals surface area (Å²) in [6.45, 7) is 0. The van der Waals surface area contributed by atoms with Gasteiger partial charge in [0.2, 0.25) is 5.91 Å². The number of carbonyl (C=O) groups excluding carboxylic acids is 1. The Morgan fingerprint density at radius 2 is 1.87 bits per heavy atom. The first-order chi connectivity index (χ1) is 11.2. The number of hydrogen-bond donors (Lipinski definition) is 0. The van der Waals surface area contributed by atoms with Crippen molar-refractivity contribution in [1.29, 1.82) is 0 Å². The summed E-state index contributed by atoms with van der Waals surface area (Å²) in [6.07, 6.45) is 5.57. The van der Waals surface area contributed by atoms with Crippen LogP contribution in [0.15, 0.2) is 53.1 Å². The smallest absolute Gasteiger partial charge is 0.231 e. The lowest BCUT2D eigenvalue weighted by molar-refractivity contribution is -0.117. The van der Waals surface area contributed by atoms with Crippen LogP contribution in [0.4, 0.5) is 5.69 Å². The standard InChI is InChI=1S/C20H19NO2/c1-21(17-8-3-2-4-9-17)20(22)12-16-13-23-19-11-15-7-5-6-14(15)10-18(16)19/h2-4,8-11,13H,5-7,12H2,1H3. The van der Waals surface area contributed by atoms with E-state index in [9.17, 15) is 4.79 Å². The SMILES string of the molecule is CN(C(=O)Cc1coc2cc3c(cc12)CCC3)c1ccccc1. The van der Waals surface area contributed by atoms with Crippen molar-refractivity contribution in [1.82, 2.24) is 0 Å². The Hall–Kier alpha value is -2.55. The highest BCUT2D eigenvalue weighted by Crippen LogP contribution is 2.30. The summed E-state index contributed by atoms with van der Waals surface area (Å²) in [7, 11) is 1.82. The first-order valence-corrected chi connectivity index (χ1v) is 8.06. The Morgan fingerprint density at radius 3 is 2.65 bits per heavy atom. The van der Waals surface area contributed by atoms with Crippen LogP contribution in [0.1, 0.15) is 23.1 Å². The van der Waals surface area contributed by atoms with Crippen molar-refractivity contribution in [3.63, 3.8) is 0 Å². The number of aryl methyl sites for hydroxylation is 2. The van der Waals surface area contributed by atoms with Crippen LogP contribution in [-0.4, -0.2) is 13.0 Å². The molecule has 1 aromatic heterocycles. The molecule has 0 spiro atoms. The molecule has 23 heavy (non-hydrogen) atoms. The lowest BCUT2D eigenvalue weighted by atomic mass is 10.0. The number of rotatable bonds is 3. The van der Waals surface area contributed by atoms with E-state index in [2.05, 4.69) is 12.1 Å². The summed E-state index contributed by atoms with van der Waals surface area (Å²) in [5.41, 5.74) is 5.58. The maximum absolute atomic E-state index is 12.6. The molecule has 1 amide bonds. The van der Waals surface area contributed by atoms with Gasteiger partial charge in [0.05, 0.1) is 12.7 Å². The molecule has 3 aromatic rings. The van der Waals surface area contributed by atoms with Gasteiger partial charge < -0.3 is 9.32 Å². The minimum atomic E-state index is 0.0689. The molecule has 1 aliphatic rings. The van der Waals surface area contributed by atoms with Crippen LogP contribution in [0.25, 0.3) is 11.0 Å². The van der Waals surface area contributed by atoms with Gasteiger partial charge in [0.25, 0.3) is 0 Å². The number of furan rings is 1. The average Bonchev–Trinajstić information content (AvgIpc) is 3.19. The minimum Gasteiger partial charge on any atom is -0.464 e. The number of carbonyl (C=O) groups is 1. The number of amides is 1. The van der Waals surface area contributed by atoms with Gasteiger partial charge in [-0.2, -0.15) is 0 Å². The van der Waals surface area contributed by atoms with E-state index in [1.165, 1.54) is 17.5 Å². The Morgan fingerprint density at radius 1 is 1.13 bits per heavy atom. The topological polar surface area (TPSA) is 33.5 Å². The molecule has 0 saturated heterocycles. The number of nitrogens with zero attached hydrogens (tertiary/aromatic N) is 1. The molecule has 0 bridgehead atoms. The second-order valence-corrected chi connectivity index (χ2v) is 6.20. The zero-order valence-corrected chi connectivity index (χ0v) is 13.2. The third-order valence-corrected chi connectivity index (χ3v) is 4.73. The zero-order valence-electron chi connectivity index (χ0n) is 13.2. The quantitative estimate of drug-likeness (QED) is 0.729. The molecule has 0 aliphatic heterocycles. The van der Waals surface area contributed by atoms with Crippen molar-refractivity contribution in [3.05, 3.63) is 65.4 Å². The van der Waals surface area contributed by atoms with Crippen LogP contribution in [0.3, 0.4) is 0 Å². The molecule has 0 unspecified atom stereocenters. The number of para-hydroxylation sites is 1. The van der Waals surface area contributed by atoms with Crippen molar-refractivity contribution >= 4 is 22.6 Å². The molecule has 3 heteroatoms. The fourth-order valence-corrected chi connectivity index (χ4v) is 3.36. The second kappa shape index (κ2) is 5.58. The lowest BCUT2D eigenvalue weighted by Gasteiger charge is -2.16. The summed E-state index contributed by atoms with van der Waals surface area (Å²) >= 11 is 0. The minimum absolute atomic E-state index is 0.0689. The fraction of sp³-hybridized carbons (Fsp3) is 0.250. The van der Waals surface area contributed by atoms with Gasteiger partial charge in [0.1, 0.15) is 5.58 Å². The van der Waals surface area contributed by atoms with Gasteiger partial charge in [-0.1, -0.05) is 18.2 Å². The molecule has 0 saturated carbocycles. The van der Waals surface area contributed by atoms with Crippen molar-refractivity contribution in [2.45, 2.75) is 25.7 Å². The number of hydrogen-bond acceptors (Lipinski definition) is 2. The van der Waals surface area contributed by atoms with Crippen molar-refractivity contribution in [3.8, 4) is 0 Å². The van der Waals surface area contributed by atoms with E-state index in [4.69, 9.17) is 4.42 Å². The van der Waals surface area contributed by atoms with Gasteiger partial charge in [-0.25, -0.2) is 0 Å². The Kier molecular flexibility index (Phi) is 3.41. The maximum atomic E-state index is 12.6. The molecule has 0 fully saturated rings. The first kappa shape index (κ1) is 14.1. The molecule has 1 heterocycles. The highest BCUT2D eigenvalue weighted by molar-refractivity contribution is 5.97. The van der Waals surface area contributed by atoms with Gasteiger partial charge >= 0.3 is 0 Å². The van der Waals surface area contributed by atoms with Crippen LogP contribution in [0, 0.1) is 0 Å². The number of benzene rings is 2. The number of anilines is 1. The number of likely N-dealkylation sites (N-methyl/N-ethyl adjacent to an activating group) is 1. The fourth-order valence-electron chi connectivity index (χ4n) is 3.36. The van der Waals surface area contributed by atoms with E-state index in [1.807, 2.05) is 37.4 Å². The van der Waals surface area contributed by atoms with Gasteiger partial charge in [-0.05, 0) is 54.7 Å². The summed E-state index contributed by atoms with van der Waals surface area (Å²) in [5.74, 6) is 0.0689. The Bertz CT molecular complexity index is 864. The molecule has 1 aliphatic carbocycles. The van der Waals surface area contributed by atoms with Crippen LogP contribution in [0.5, 0.6) is 0 Å². The predicted molar refractivity (Wildman–Crippen MR) is 91.8 cm³/mol. The van der Waals surface area contributed by atoms with E-state index < -0.39 is 0 Å². The van der Waals surface area contributed by atoms with E-state index in [1.54, 1.807) is 11.2 Å². The van der Waals surface area contributed by atoms with Gasteiger partial charge in [0.15, 0.2) is 0 Å². The van der Waals surface area contributed by atoms with E-state index in [0.717, 1.165) is 35.1 Å². The van der Waals surface area contributed by atoms with Gasteiger partial charge in [0, 0.05) is 23.7 Å². The maximum Gasteiger partial charge on any atom is 0.231 e. The molecule has 116 valence electrons. The third kappa shape index (κ3) is 2.52. The first-order valence-electron chi connectivity index (χ1n) is 8.06. The summed E-state index contributed by atoms with van der Waals surface area (Å²) in [6, 6.07) is 14.1. The highest BCUT2D eigenvalue weighted by Gasteiger charge is 2.18. The van der Waals surface area contributed by atoms with E-state index in [0.29, 0.717) is 6.42 Å².